The second-order valence-corrected chi connectivity index (χ2v) is 8.03. The van der Waals surface area contributed by atoms with Crippen molar-refractivity contribution in [3.8, 4) is 6.07 Å². The molecular weight excluding hydrogens is 423 g/mol. The minimum Gasteiger partial charge on any atom is -0.461 e. The Balaban J connectivity index is 2.07. The summed E-state index contributed by atoms with van der Waals surface area (Å²) in [6, 6.07) is 6.09. The zero-order chi connectivity index (χ0) is 22.5. The van der Waals surface area contributed by atoms with E-state index in [0.29, 0.717) is 11.4 Å². The molecule has 164 valence electrons. The Morgan fingerprint density at radius 3 is 2.45 bits per heavy atom. The number of halogens is 2. The predicted octanol–water partition coefficient (Wildman–Crippen LogP) is 4.66. The predicted molar refractivity (Wildman–Crippen MR) is 112 cm³/mol. The van der Waals surface area contributed by atoms with Crippen molar-refractivity contribution in [1.29, 1.82) is 5.26 Å². The van der Waals surface area contributed by atoms with Crippen LogP contribution in [0.25, 0.3) is 0 Å². The van der Waals surface area contributed by atoms with Crippen LogP contribution in [0.5, 0.6) is 0 Å². The first kappa shape index (κ1) is 22.8. The number of rotatable bonds is 6. The zero-order valence-electron chi connectivity index (χ0n) is 17.5. The van der Waals surface area contributed by atoms with E-state index in [2.05, 4.69) is 5.32 Å². The molecule has 0 saturated heterocycles. The van der Waals surface area contributed by atoms with Gasteiger partial charge in [-0.15, -0.1) is 0 Å². The van der Waals surface area contributed by atoms with Crippen LogP contribution in [0.15, 0.2) is 40.7 Å². The van der Waals surface area contributed by atoms with Crippen molar-refractivity contribution in [2.24, 2.45) is 0 Å². The van der Waals surface area contributed by atoms with Crippen LogP contribution in [0.4, 0.5) is 4.39 Å². The lowest BCUT2D eigenvalue weighted by Gasteiger charge is -2.31. The van der Waals surface area contributed by atoms with Crippen LogP contribution in [0.2, 0.25) is 5.02 Å². The highest BCUT2D eigenvalue weighted by Crippen LogP contribution is 2.43. The first-order chi connectivity index (χ1) is 14.8. The molecular formula is C23H24ClFN2O4. The third-order valence-electron chi connectivity index (χ3n) is 5.51. The maximum absolute atomic E-state index is 15.0. The number of dihydropyridines is 1. The average Bonchev–Trinajstić information content (AvgIpc) is 3.20. The lowest BCUT2D eigenvalue weighted by Crippen LogP contribution is -2.34. The summed E-state index contributed by atoms with van der Waals surface area (Å²) < 4.78 is 25.9. The van der Waals surface area contributed by atoms with Gasteiger partial charge in [-0.05, 0) is 51.7 Å². The molecule has 0 aromatic heterocycles. The molecule has 1 aromatic rings. The van der Waals surface area contributed by atoms with E-state index in [1.807, 2.05) is 6.07 Å². The third kappa shape index (κ3) is 4.91. The van der Waals surface area contributed by atoms with Gasteiger partial charge in [0.2, 0.25) is 0 Å². The molecule has 1 fully saturated rings. The van der Waals surface area contributed by atoms with E-state index in [1.165, 1.54) is 18.2 Å². The summed E-state index contributed by atoms with van der Waals surface area (Å²) in [5.74, 6) is -3.11. The second-order valence-electron chi connectivity index (χ2n) is 7.63. The van der Waals surface area contributed by atoms with Crippen molar-refractivity contribution in [3.05, 3.63) is 57.1 Å². The summed E-state index contributed by atoms with van der Waals surface area (Å²) in [7, 11) is 0. The number of nitrogens with zero attached hydrogens (tertiary/aromatic N) is 1. The van der Waals surface area contributed by atoms with E-state index < -0.39 is 23.7 Å². The van der Waals surface area contributed by atoms with Gasteiger partial charge in [0.25, 0.3) is 0 Å². The number of carbonyl (C=O) groups excluding carboxylic acids is 2. The first-order valence-electron chi connectivity index (χ1n) is 10.2. The molecule has 2 aliphatic rings. The van der Waals surface area contributed by atoms with Crippen LogP contribution < -0.4 is 5.32 Å². The number of nitrogens with one attached hydrogen (secondary N) is 1. The Labute approximate surface area is 185 Å². The van der Waals surface area contributed by atoms with Gasteiger partial charge in [0, 0.05) is 22.0 Å². The third-order valence-corrected chi connectivity index (χ3v) is 5.84. The van der Waals surface area contributed by atoms with E-state index in [4.69, 9.17) is 26.3 Å². The quantitative estimate of drug-likeness (QED) is 0.505. The normalized spacial score (nSPS) is 19.1. The molecule has 1 aromatic carbocycles. The van der Waals surface area contributed by atoms with Gasteiger partial charge in [-0.3, -0.25) is 0 Å². The molecule has 31 heavy (non-hydrogen) atoms. The molecule has 1 unspecified atom stereocenters. The summed E-state index contributed by atoms with van der Waals surface area (Å²) in [5.41, 5.74) is 1.07. The van der Waals surface area contributed by atoms with Gasteiger partial charge in [-0.2, -0.15) is 5.26 Å². The van der Waals surface area contributed by atoms with Crippen LogP contribution >= 0.6 is 11.6 Å². The maximum atomic E-state index is 15.0. The SMILES string of the molecule is CC1=C(C(=O)OCCC#N)C(c2c(F)cccc2Cl)C(C(=O)OC2CCCC2)=C(C)N1. The largest absolute Gasteiger partial charge is 0.461 e. The fourth-order valence-electron chi connectivity index (χ4n) is 4.10. The van der Waals surface area contributed by atoms with Crippen molar-refractivity contribution in [2.75, 3.05) is 6.61 Å². The maximum Gasteiger partial charge on any atom is 0.337 e. The molecule has 3 rings (SSSR count). The van der Waals surface area contributed by atoms with Crippen molar-refractivity contribution in [1.82, 2.24) is 5.32 Å². The van der Waals surface area contributed by atoms with Crippen molar-refractivity contribution in [3.63, 3.8) is 0 Å². The number of hydrogen-bond acceptors (Lipinski definition) is 6. The van der Waals surface area contributed by atoms with Crippen molar-refractivity contribution >= 4 is 23.5 Å². The Kier molecular flexibility index (Phi) is 7.34. The van der Waals surface area contributed by atoms with Crippen molar-refractivity contribution < 1.29 is 23.5 Å². The van der Waals surface area contributed by atoms with Crippen LogP contribution in [0, 0.1) is 17.1 Å². The van der Waals surface area contributed by atoms with Gasteiger partial charge in [-0.1, -0.05) is 17.7 Å². The second kappa shape index (κ2) is 9.97. The fraction of sp³-hybridized carbons (Fsp3) is 0.435. The number of nitriles is 1. The molecule has 6 nitrogen and oxygen atoms in total. The van der Waals surface area contributed by atoms with Gasteiger partial charge in [0.15, 0.2) is 0 Å². The van der Waals surface area contributed by atoms with E-state index >= 15 is 0 Å². The van der Waals surface area contributed by atoms with E-state index in [1.54, 1.807) is 13.8 Å². The van der Waals surface area contributed by atoms with Crippen molar-refractivity contribution in [2.45, 2.75) is 58.0 Å². The molecule has 8 heteroatoms. The van der Waals surface area contributed by atoms with Crippen LogP contribution in [0.1, 0.15) is 57.4 Å². The molecule has 1 saturated carbocycles. The molecule has 0 bridgehead atoms. The summed E-state index contributed by atoms with van der Waals surface area (Å²) in [6.45, 7) is 3.20. The van der Waals surface area contributed by atoms with E-state index in [-0.39, 0.29) is 40.9 Å². The average molecular weight is 447 g/mol. The van der Waals surface area contributed by atoms with Gasteiger partial charge < -0.3 is 14.8 Å². The molecule has 1 aliphatic carbocycles. The van der Waals surface area contributed by atoms with Crippen LogP contribution in [0.3, 0.4) is 0 Å². The van der Waals surface area contributed by atoms with Gasteiger partial charge in [0.05, 0.1) is 29.6 Å². The Hall–Kier alpha value is -2.85. The van der Waals surface area contributed by atoms with Crippen LogP contribution in [-0.4, -0.2) is 24.6 Å². The number of allylic oxidation sites excluding steroid dienone is 2. The first-order valence-corrected chi connectivity index (χ1v) is 10.6. The fourth-order valence-corrected chi connectivity index (χ4v) is 4.37. The van der Waals surface area contributed by atoms with E-state index in [9.17, 15) is 14.0 Å². The topological polar surface area (TPSA) is 88.4 Å². The molecule has 0 radical (unpaired) electrons. The zero-order valence-corrected chi connectivity index (χ0v) is 18.2. The molecule has 0 amide bonds. The number of carbonyl (C=O) groups is 2. The number of benzene rings is 1. The summed E-state index contributed by atoms with van der Waals surface area (Å²) >= 11 is 6.34. The number of esters is 2. The highest BCUT2D eigenvalue weighted by Gasteiger charge is 2.41. The van der Waals surface area contributed by atoms with Gasteiger partial charge >= 0.3 is 11.9 Å². The Bertz CT molecular complexity index is 970. The smallest absolute Gasteiger partial charge is 0.337 e. The Morgan fingerprint density at radius 2 is 1.84 bits per heavy atom. The molecule has 1 atom stereocenters. The van der Waals surface area contributed by atoms with Crippen LogP contribution in [-0.2, 0) is 19.1 Å². The monoisotopic (exact) mass is 446 g/mol. The molecule has 1 heterocycles. The summed E-state index contributed by atoms with van der Waals surface area (Å²) in [4.78, 5) is 26.1. The standard InChI is InChI=1S/C23H24ClFN2O4/c1-13-18(22(28)30-12-6-11-26)21(20-16(24)9-5-10-17(20)25)19(14(2)27-13)23(29)31-15-7-3-4-8-15/h5,9-10,15,21,27H,3-4,6-8,12H2,1-2H3. The lowest BCUT2D eigenvalue weighted by molar-refractivity contribution is -0.144. The Morgan fingerprint density at radius 1 is 1.19 bits per heavy atom. The minimum atomic E-state index is -1.10. The highest BCUT2D eigenvalue weighted by atomic mass is 35.5. The van der Waals surface area contributed by atoms with Gasteiger partial charge in [0.1, 0.15) is 18.5 Å². The molecule has 0 spiro atoms. The lowest BCUT2D eigenvalue weighted by atomic mass is 9.80. The summed E-state index contributed by atoms with van der Waals surface area (Å²) in [5, 5.41) is 11.8. The number of hydrogen-bond donors (Lipinski definition) is 1. The molecule has 1 N–H and O–H groups in total. The summed E-state index contributed by atoms with van der Waals surface area (Å²) in [6.07, 6.45) is 3.31. The van der Waals surface area contributed by atoms with Gasteiger partial charge in [-0.25, -0.2) is 14.0 Å². The highest BCUT2D eigenvalue weighted by molar-refractivity contribution is 6.31. The van der Waals surface area contributed by atoms with E-state index in [0.717, 1.165) is 25.7 Å². The molecule has 1 aliphatic heterocycles. The minimum absolute atomic E-state index is 0.00923. The number of ether oxygens (including phenoxy) is 2.